The van der Waals surface area contributed by atoms with Crippen LogP contribution in [-0.2, 0) is 14.6 Å². The molecule has 98 valence electrons. The summed E-state index contributed by atoms with van der Waals surface area (Å²) < 4.78 is 23.1. The van der Waals surface area contributed by atoms with E-state index in [0.29, 0.717) is 5.56 Å². The van der Waals surface area contributed by atoms with Crippen molar-refractivity contribution >= 4 is 21.5 Å². The molecule has 0 bridgehead atoms. The molecule has 1 rings (SSSR count). The Labute approximate surface area is 106 Å². The molecule has 0 saturated heterocycles. The molecule has 0 spiro atoms. The largest absolute Gasteiger partial charge is 0.358 e. The molecular formula is C12H15NO4S. The highest BCUT2D eigenvalue weighted by atomic mass is 32.2. The van der Waals surface area contributed by atoms with E-state index in [-0.39, 0.29) is 0 Å². The normalized spacial score (nSPS) is 11.0. The van der Waals surface area contributed by atoms with E-state index in [1.807, 2.05) is 6.92 Å². The van der Waals surface area contributed by atoms with E-state index < -0.39 is 33.0 Å². The summed E-state index contributed by atoms with van der Waals surface area (Å²) in [5.41, 5.74) is 1.32. The average molecular weight is 269 g/mol. The highest BCUT2D eigenvalue weighted by Gasteiger charge is 2.20. The molecule has 18 heavy (non-hydrogen) atoms. The first kappa shape index (κ1) is 14.4. The molecule has 5 nitrogen and oxygen atoms in total. The van der Waals surface area contributed by atoms with Gasteiger partial charge in [-0.2, -0.15) is 0 Å². The second-order valence-corrected chi connectivity index (χ2v) is 6.06. The summed E-state index contributed by atoms with van der Waals surface area (Å²) in [6.45, 7) is 1.87. The Morgan fingerprint density at radius 2 is 1.67 bits per heavy atom. The van der Waals surface area contributed by atoms with Gasteiger partial charge in [-0.05, 0) is 6.92 Å². The van der Waals surface area contributed by atoms with Crippen LogP contribution in [-0.4, -0.2) is 38.7 Å². The van der Waals surface area contributed by atoms with Crippen molar-refractivity contribution in [3.8, 4) is 0 Å². The second kappa shape index (κ2) is 5.77. The van der Waals surface area contributed by atoms with Crippen LogP contribution in [0, 0.1) is 6.92 Å². The van der Waals surface area contributed by atoms with Crippen LogP contribution in [0.4, 0.5) is 0 Å². The van der Waals surface area contributed by atoms with Crippen LogP contribution < -0.4 is 5.32 Å². The van der Waals surface area contributed by atoms with Crippen molar-refractivity contribution in [1.29, 1.82) is 0 Å². The Balaban J connectivity index is 2.76. The minimum Gasteiger partial charge on any atom is -0.358 e. The molecule has 1 N–H and O–H groups in total. The quantitative estimate of drug-likeness (QED) is 0.782. The molecule has 0 aliphatic rings. The number of nitrogens with one attached hydrogen (secondary N) is 1. The molecule has 1 aromatic rings. The molecule has 0 unspecified atom stereocenters. The molecule has 6 heteroatoms. The SMILES string of the molecule is CNC(=O)CS(=O)(=O)CC(=O)c1ccc(C)cc1. The van der Waals surface area contributed by atoms with E-state index in [2.05, 4.69) is 5.32 Å². The molecule has 1 amide bonds. The molecule has 0 aliphatic carbocycles. The fraction of sp³-hybridized carbons (Fsp3) is 0.333. The number of hydrogen-bond acceptors (Lipinski definition) is 4. The van der Waals surface area contributed by atoms with E-state index in [4.69, 9.17) is 0 Å². The topological polar surface area (TPSA) is 80.3 Å². The van der Waals surface area contributed by atoms with Crippen molar-refractivity contribution in [1.82, 2.24) is 5.32 Å². The number of carbonyl (C=O) groups is 2. The zero-order chi connectivity index (χ0) is 13.8. The summed E-state index contributed by atoms with van der Waals surface area (Å²) in [6.07, 6.45) is 0. The second-order valence-electron chi connectivity index (χ2n) is 3.99. The van der Waals surface area contributed by atoms with Gasteiger partial charge in [0, 0.05) is 12.6 Å². The average Bonchev–Trinajstić information content (AvgIpc) is 2.28. The van der Waals surface area contributed by atoms with E-state index in [1.54, 1.807) is 24.3 Å². The summed E-state index contributed by atoms with van der Waals surface area (Å²) in [4.78, 5) is 22.7. The van der Waals surface area contributed by atoms with Gasteiger partial charge in [0.05, 0.1) is 0 Å². The van der Waals surface area contributed by atoms with Gasteiger partial charge in [-0.3, -0.25) is 9.59 Å². The zero-order valence-electron chi connectivity index (χ0n) is 10.3. The standard InChI is InChI=1S/C12H15NO4S/c1-9-3-5-10(6-4-9)11(14)7-18(16,17)8-12(15)13-2/h3-6H,7-8H2,1-2H3,(H,13,15). The number of carbonyl (C=O) groups excluding carboxylic acids is 2. The summed E-state index contributed by atoms with van der Waals surface area (Å²) in [5.74, 6) is -2.43. The number of Topliss-reactive ketones (excluding diaryl/α,β-unsaturated/α-hetero) is 1. The van der Waals surface area contributed by atoms with E-state index in [0.717, 1.165) is 5.56 Å². The molecule has 0 aliphatic heterocycles. The van der Waals surface area contributed by atoms with Gasteiger partial charge in [0.1, 0.15) is 11.5 Å². The lowest BCUT2D eigenvalue weighted by molar-refractivity contribution is -0.118. The third-order valence-corrected chi connectivity index (χ3v) is 3.76. The monoisotopic (exact) mass is 269 g/mol. The van der Waals surface area contributed by atoms with Crippen molar-refractivity contribution < 1.29 is 18.0 Å². The first-order valence-corrected chi connectivity index (χ1v) is 7.17. The summed E-state index contributed by atoms with van der Waals surface area (Å²) in [5, 5.41) is 2.21. The van der Waals surface area contributed by atoms with Crippen molar-refractivity contribution in [3.63, 3.8) is 0 Å². The highest BCUT2D eigenvalue weighted by molar-refractivity contribution is 7.92. The number of aryl methyl sites for hydroxylation is 1. The number of benzene rings is 1. The van der Waals surface area contributed by atoms with Crippen LogP contribution in [0.15, 0.2) is 24.3 Å². The summed E-state index contributed by atoms with van der Waals surface area (Å²) in [7, 11) is -2.37. The fourth-order valence-corrected chi connectivity index (χ4v) is 2.56. The van der Waals surface area contributed by atoms with Gasteiger partial charge < -0.3 is 5.32 Å². The molecular weight excluding hydrogens is 254 g/mol. The van der Waals surface area contributed by atoms with Crippen molar-refractivity contribution in [2.45, 2.75) is 6.92 Å². The van der Waals surface area contributed by atoms with Gasteiger partial charge in [-0.25, -0.2) is 8.42 Å². The lowest BCUT2D eigenvalue weighted by atomic mass is 10.1. The van der Waals surface area contributed by atoms with Gasteiger partial charge in [0.2, 0.25) is 5.91 Å². The summed E-state index contributed by atoms with van der Waals surface area (Å²) in [6, 6.07) is 6.62. The predicted molar refractivity (Wildman–Crippen MR) is 68.2 cm³/mol. The molecule has 0 saturated carbocycles. The Bertz CT molecular complexity index is 546. The molecule has 0 heterocycles. The number of amides is 1. The fourth-order valence-electron chi connectivity index (χ4n) is 1.35. The third-order valence-electron chi connectivity index (χ3n) is 2.35. The Kier molecular flexibility index (Phi) is 4.61. The summed E-state index contributed by atoms with van der Waals surface area (Å²) >= 11 is 0. The van der Waals surface area contributed by atoms with Crippen LogP contribution in [0.2, 0.25) is 0 Å². The Morgan fingerprint density at radius 1 is 1.11 bits per heavy atom. The Morgan fingerprint density at radius 3 is 2.17 bits per heavy atom. The first-order valence-electron chi connectivity index (χ1n) is 5.35. The first-order chi connectivity index (χ1) is 8.34. The van der Waals surface area contributed by atoms with Gasteiger partial charge in [0.15, 0.2) is 15.6 Å². The number of hydrogen-bond donors (Lipinski definition) is 1. The van der Waals surface area contributed by atoms with E-state index in [9.17, 15) is 18.0 Å². The predicted octanol–water partition coefficient (Wildman–Crippen LogP) is 0.339. The maximum atomic E-state index is 11.7. The van der Waals surface area contributed by atoms with E-state index >= 15 is 0 Å². The van der Waals surface area contributed by atoms with Crippen molar-refractivity contribution in [2.75, 3.05) is 18.6 Å². The maximum Gasteiger partial charge on any atom is 0.234 e. The van der Waals surface area contributed by atoms with Gasteiger partial charge in [-0.1, -0.05) is 29.8 Å². The lowest BCUT2D eigenvalue weighted by Gasteiger charge is -2.03. The smallest absolute Gasteiger partial charge is 0.234 e. The number of sulfone groups is 1. The molecule has 0 radical (unpaired) electrons. The van der Waals surface area contributed by atoms with Gasteiger partial charge in [-0.15, -0.1) is 0 Å². The van der Waals surface area contributed by atoms with Crippen LogP contribution in [0.3, 0.4) is 0 Å². The minimum absolute atomic E-state index is 0.334. The molecule has 0 atom stereocenters. The van der Waals surface area contributed by atoms with Gasteiger partial charge in [0.25, 0.3) is 0 Å². The molecule has 0 fully saturated rings. The third kappa shape index (κ3) is 4.29. The van der Waals surface area contributed by atoms with Crippen molar-refractivity contribution in [3.05, 3.63) is 35.4 Å². The van der Waals surface area contributed by atoms with Gasteiger partial charge >= 0.3 is 0 Å². The van der Waals surface area contributed by atoms with Crippen LogP contribution in [0.1, 0.15) is 15.9 Å². The minimum atomic E-state index is -3.71. The van der Waals surface area contributed by atoms with E-state index in [1.165, 1.54) is 7.05 Å². The zero-order valence-corrected chi connectivity index (χ0v) is 11.1. The lowest BCUT2D eigenvalue weighted by Crippen LogP contribution is -2.30. The molecule has 1 aromatic carbocycles. The highest BCUT2D eigenvalue weighted by Crippen LogP contribution is 2.06. The van der Waals surface area contributed by atoms with Crippen LogP contribution in [0.5, 0.6) is 0 Å². The number of rotatable bonds is 5. The van der Waals surface area contributed by atoms with Crippen LogP contribution in [0.25, 0.3) is 0 Å². The Hall–Kier alpha value is -1.69. The number of ketones is 1. The molecule has 0 aromatic heterocycles. The maximum absolute atomic E-state index is 11.7. The van der Waals surface area contributed by atoms with Crippen molar-refractivity contribution in [2.24, 2.45) is 0 Å². The van der Waals surface area contributed by atoms with Crippen LogP contribution >= 0.6 is 0 Å².